The molecule has 0 N–H and O–H groups in total. The van der Waals surface area contributed by atoms with Gasteiger partial charge in [-0.15, -0.1) is 0 Å². The van der Waals surface area contributed by atoms with Crippen molar-refractivity contribution in [2.45, 2.75) is 13.8 Å². The second-order valence-electron chi connectivity index (χ2n) is 3.54. The predicted octanol–water partition coefficient (Wildman–Crippen LogP) is 3.51. The van der Waals surface area contributed by atoms with Crippen LogP contribution in [0.5, 0.6) is 5.75 Å². The van der Waals surface area contributed by atoms with Gasteiger partial charge in [0.15, 0.2) is 0 Å². The molecule has 0 radical (unpaired) electrons. The Morgan fingerprint density at radius 3 is 2.60 bits per heavy atom. The highest BCUT2D eigenvalue weighted by Gasteiger charge is 2.07. The third-order valence-electron chi connectivity index (χ3n) is 2.70. The molecule has 2 rings (SSSR count). The number of aryl methyl sites for hydroxylation is 1. The summed E-state index contributed by atoms with van der Waals surface area (Å²) >= 11 is 6.02. The standard InChI is InChI=1S/C12H12ClNO/c1-7-8(2)12(13)14-11-5-4-9(15-3)6-10(7)11/h4-6H,1-3H3. The Bertz CT molecular complexity index is 523. The van der Waals surface area contributed by atoms with Crippen LogP contribution in [-0.4, -0.2) is 12.1 Å². The zero-order valence-electron chi connectivity index (χ0n) is 8.97. The van der Waals surface area contributed by atoms with Crippen molar-refractivity contribution >= 4 is 22.5 Å². The molecule has 0 fully saturated rings. The molecule has 1 aromatic heterocycles. The highest BCUT2D eigenvalue weighted by Crippen LogP contribution is 2.27. The van der Waals surface area contributed by atoms with Gasteiger partial charge in [-0.25, -0.2) is 4.98 Å². The molecule has 1 aromatic carbocycles. The molecule has 2 aromatic rings. The third-order valence-corrected chi connectivity index (χ3v) is 3.07. The number of halogens is 1. The number of fused-ring (bicyclic) bond motifs is 1. The molecule has 0 bridgehead atoms. The molecule has 3 heteroatoms. The Hall–Kier alpha value is -1.28. The smallest absolute Gasteiger partial charge is 0.132 e. The number of pyridine rings is 1. The maximum absolute atomic E-state index is 6.02. The Kier molecular flexibility index (Phi) is 2.53. The second kappa shape index (κ2) is 3.70. The van der Waals surface area contributed by atoms with Gasteiger partial charge in [0.25, 0.3) is 0 Å². The maximum Gasteiger partial charge on any atom is 0.132 e. The van der Waals surface area contributed by atoms with Gasteiger partial charge in [0.1, 0.15) is 10.9 Å². The molecule has 15 heavy (non-hydrogen) atoms. The maximum atomic E-state index is 6.02. The number of methoxy groups -OCH3 is 1. The van der Waals surface area contributed by atoms with Gasteiger partial charge in [-0.05, 0) is 43.2 Å². The van der Waals surface area contributed by atoms with Crippen molar-refractivity contribution in [3.05, 3.63) is 34.5 Å². The van der Waals surface area contributed by atoms with Crippen LogP contribution in [0.15, 0.2) is 18.2 Å². The molecule has 0 atom stereocenters. The molecule has 78 valence electrons. The molecule has 0 saturated heterocycles. The normalized spacial score (nSPS) is 10.7. The van der Waals surface area contributed by atoms with Gasteiger partial charge in [-0.1, -0.05) is 11.6 Å². The van der Waals surface area contributed by atoms with Crippen LogP contribution in [-0.2, 0) is 0 Å². The first kappa shape index (κ1) is 10.2. The number of rotatable bonds is 1. The lowest BCUT2D eigenvalue weighted by molar-refractivity contribution is 0.415. The van der Waals surface area contributed by atoms with Crippen LogP contribution in [0.1, 0.15) is 11.1 Å². The summed E-state index contributed by atoms with van der Waals surface area (Å²) in [6.45, 7) is 4.02. The average molecular weight is 222 g/mol. The van der Waals surface area contributed by atoms with Crippen LogP contribution in [0.25, 0.3) is 10.9 Å². The van der Waals surface area contributed by atoms with E-state index in [1.165, 1.54) is 0 Å². The van der Waals surface area contributed by atoms with Gasteiger partial charge in [0.2, 0.25) is 0 Å². The van der Waals surface area contributed by atoms with E-state index in [4.69, 9.17) is 16.3 Å². The molecule has 0 saturated carbocycles. The van der Waals surface area contributed by atoms with E-state index in [1.807, 2.05) is 32.0 Å². The van der Waals surface area contributed by atoms with Crippen LogP contribution in [0, 0.1) is 13.8 Å². The summed E-state index contributed by atoms with van der Waals surface area (Å²) in [7, 11) is 1.66. The Morgan fingerprint density at radius 1 is 1.20 bits per heavy atom. The first-order valence-corrected chi connectivity index (χ1v) is 5.11. The summed E-state index contributed by atoms with van der Waals surface area (Å²) in [5, 5.41) is 1.67. The number of nitrogens with zero attached hydrogens (tertiary/aromatic N) is 1. The number of hydrogen-bond acceptors (Lipinski definition) is 2. The summed E-state index contributed by atoms with van der Waals surface area (Å²) in [6, 6.07) is 5.80. The molecule has 0 amide bonds. The molecule has 0 aliphatic carbocycles. The van der Waals surface area contributed by atoms with Crippen molar-refractivity contribution < 1.29 is 4.74 Å². The van der Waals surface area contributed by atoms with E-state index in [2.05, 4.69) is 4.98 Å². The lowest BCUT2D eigenvalue weighted by atomic mass is 10.1. The summed E-state index contributed by atoms with van der Waals surface area (Å²) in [4.78, 5) is 4.32. The van der Waals surface area contributed by atoms with E-state index < -0.39 is 0 Å². The molecule has 0 aliphatic heterocycles. The predicted molar refractivity (Wildman–Crippen MR) is 62.8 cm³/mol. The topological polar surface area (TPSA) is 22.1 Å². The van der Waals surface area contributed by atoms with Crippen molar-refractivity contribution in [2.75, 3.05) is 7.11 Å². The fourth-order valence-corrected chi connectivity index (χ4v) is 1.82. The van der Waals surface area contributed by atoms with Gasteiger partial charge in [0, 0.05) is 5.39 Å². The van der Waals surface area contributed by atoms with Crippen LogP contribution in [0.3, 0.4) is 0 Å². The molecular weight excluding hydrogens is 210 g/mol. The fraction of sp³-hybridized carbons (Fsp3) is 0.250. The molecule has 0 spiro atoms. The largest absolute Gasteiger partial charge is 0.497 e. The van der Waals surface area contributed by atoms with E-state index in [1.54, 1.807) is 7.11 Å². The second-order valence-corrected chi connectivity index (χ2v) is 3.89. The molecular formula is C12H12ClNO. The van der Waals surface area contributed by atoms with E-state index in [0.717, 1.165) is 27.8 Å². The zero-order chi connectivity index (χ0) is 11.0. The van der Waals surface area contributed by atoms with Crippen molar-refractivity contribution in [1.82, 2.24) is 4.98 Å². The van der Waals surface area contributed by atoms with Gasteiger partial charge < -0.3 is 4.74 Å². The van der Waals surface area contributed by atoms with Gasteiger partial charge >= 0.3 is 0 Å². The number of hydrogen-bond donors (Lipinski definition) is 0. The van der Waals surface area contributed by atoms with Crippen molar-refractivity contribution in [3.63, 3.8) is 0 Å². The number of aromatic nitrogens is 1. The summed E-state index contributed by atoms with van der Waals surface area (Å²) < 4.78 is 5.19. The van der Waals surface area contributed by atoms with Crippen LogP contribution in [0.4, 0.5) is 0 Å². The molecule has 0 unspecified atom stereocenters. The van der Waals surface area contributed by atoms with Crippen LogP contribution < -0.4 is 4.74 Å². The van der Waals surface area contributed by atoms with E-state index >= 15 is 0 Å². The van der Waals surface area contributed by atoms with E-state index in [-0.39, 0.29) is 0 Å². The highest BCUT2D eigenvalue weighted by molar-refractivity contribution is 6.30. The van der Waals surface area contributed by atoms with Gasteiger partial charge in [-0.3, -0.25) is 0 Å². The van der Waals surface area contributed by atoms with Gasteiger partial charge in [-0.2, -0.15) is 0 Å². The quantitative estimate of drug-likeness (QED) is 0.688. The summed E-state index contributed by atoms with van der Waals surface area (Å²) in [5.74, 6) is 0.842. The Balaban J connectivity index is 2.81. The molecule has 1 heterocycles. The minimum Gasteiger partial charge on any atom is -0.497 e. The SMILES string of the molecule is COc1ccc2nc(Cl)c(C)c(C)c2c1. The highest BCUT2D eigenvalue weighted by atomic mass is 35.5. The van der Waals surface area contributed by atoms with Crippen LogP contribution in [0.2, 0.25) is 5.15 Å². The molecule has 0 aliphatic rings. The monoisotopic (exact) mass is 221 g/mol. The first-order valence-electron chi connectivity index (χ1n) is 4.74. The Labute approximate surface area is 93.8 Å². The summed E-state index contributed by atoms with van der Waals surface area (Å²) in [5.41, 5.74) is 3.09. The van der Waals surface area contributed by atoms with Gasteiger partial charge in [0.05, 0.1) is 12.6 Å². The number of ether oxygens (including phenoxy) is 1. The van der Waals surface area contributed by atoms with Crippen molar-refractivity contribution in [3.8, 4) is 5.75 Å². The minimum absolute atomic E-state index is 0.574. The van der Waals surface area contributed by atoms with Crippen molar-refractivity contribution in [2.24, 2.45) is 0 Å². The first-order chi connectivity index (χ1) is 7.13. The Morgan fingerprint density at radius 2 is 1.93 bits per heavy atom. The third kappa shape index (κ3) is 1.65. The van der Waals surface area contributed by atoms with E-state index in [9.17, 15) is 0 Å². The average Bonchev–Trinajstić information content (AvgIpc) is 2.26. The lowest BCUT2D eigenvalue weighted by Gasteiger charge is -2.08. The lowest BCUT2D eigenvalue weighted by Crippen LogP contribution is -1.91. The zero-order valence-corrected chi connectivity index (χ0v) is 9.72. The minimum atomic E-state index is 0.574. The fourth-order valence-electron chi connectivity index (χ4n) is 1.59. The summed E-state index contributed by atoms with van der Waals surface area (Å²) in [6.07, 6.45) is 0. The molecule has 2 nitrogen and oxygen atoms in total. The van der Waals surface area contributed by atoms with E-state index in [0.29, 0.717) is 5.15 Å². The van der Waals surface area contributed by atoms with Crippen LogP contribution >= 0.6 is 11.6 Å². The van der Waals surface area contributed by atoms with Crippen molar-refractivity contribution in [1.29, 1.82) is 0 Å². The number of benzene rings is 1.